The Hall–Kier alpha value is -2.73. The van der Waals surface area contributed by atoms with Crippen LogP contribution in [0, 0.1) is 0 Å². The van der Waals surface area contributed by atoms with Crippen molar-refractivity contribution in [3.63, 3.8) is 0 Å². The van der Waals surface area contributed by atoms with Crippen molar-refractivity contribution in [2.45, 2.75) is 6.92 Å². The lowest BCUT2D eigenvalue weighted by Crippen LogP contribution is -2.13. The average Bonchev–Trinajstić information content (AvgIpc) is 2.63. The number of methoxy groups -OCH3 is 2. The van der Waals surface area contributed by atoms with Crippen LogP contribution in [-0.4, -0.2) is 32.7 Å². The van der Waals surface area contributed by atoms with E-state index in [2.05, 4.69) is 10.1 Å². The highest BCUT2D eigenvalue weighted by molar-refractivity contribution is 6.34. The van der Waals surface area contributed by atoms with Gasteiger partial charge in [-0.05, 0) is 43.3 Å². The van der Waals surface area contributed by atoms with E-state index in [0.717, 1.165) is 0 Å². The van der Waals surface area contributed by atoms with Crippen LogP contribution in [0.1, 0.15) is 27.6 Å². The molecule has 0 saturated carbocycles. The molecule has 0 aliphatic rings. The largest absolute Gasteiger partial charge is 0.493 e. The van der Waals surface area contributed by atoms with Gasteiger partial charge in [-0.15, -0.1) is 0 Å². The number of anilines is 1. The van der Waals surface area contributed by atoms with E-state index in [9.17, 15) is 9.59 Å². The molecule has 2 rings (SSSR count). The molecule has 25 heavy (non-hydrogen) atoms. The van der Waals surface area contributed by atoms with Crippen molar-refractivity contribution in [2.75, 3.05) is 26.1 Å². The zero-order chi connectivity index (χ0) is 18.4. The molecule has 0 aliphatic heterocycles. The molecule has 0 atom stereocenters. The van der Waals surface area contributed by atoms with Gasteiger partial charge in [-0.25, -0.2) is 4.79 Å². The van der Waals surface area contributed by atoms with E-state index < -0.39 is 11.9 Å². The maximum absolute atomic E-state index is 12.5. The first kappa shape index (κ1) is 18.6. The molecule has 0 saturated heterocycles. The first-order chi connectivity index (χ1) is 12.0. The van der Waals surface area contributed by atoms with E-state index in [1.54, 1.807) is 18.2 Å². The zero-order valence-corrected chi connectivity index (χ0v) is 14.8. The zero-order valence-electron chi connectivity index (χ0n) is 14.1. The van der Waals surface area contributed by atoms with Crippen molar-refractivity contribution in [3.8, 4) is 11.5 Å². The minimum atomic E-state index is -0.518. The highest BCUT2D eigenvalue weighted by atomic mass is 35.5. The average molecular weight is 364 g/mol. The molecule has 0 aromatic heterocycles. The van der Waals surface area contributed by atoms with Gasteiger partial charge in [-0.2, -0.15) is 0 Å². The van der Waals surface area contributed by atoms with Gasteiger partial charge in [-0.1, -0.05) is 11.6 Å². The fourth-order valence-electron chi connectivity index (χ4n) is 2.15. The number of esters is 1. The van der Waals surface area contributed by atoms with Gasteiger partial charge in [0.05, 0.1) is 37.1 Å². The summed E-state index contributed by atoms with van der Waals surface area (Å²) in [7, 11) is 2.80. The number of carbonyl (C=O) groups excluding carboxylic acids is 2. The molecule has 0 radical (unpaired) electrons. The standard InChI is InChI=1S/C18H18ClNO5/c1-4-25-16-10-11(6-8-15(16)23-2)17(21)20-14-9-12(18(22)24-3)5-7-13(14)19/h5-10H,4H2,1-3H3,(H,20,21). The molecule has 1 N–H and O–H groups in total. The summed E-state index contributed by atoms with van der Waals surface area (Å²) < 4.78 is 15.3. The molecular formula is C18H18ClNO5. The topological polar surface area (TPSA) is 73.9 Å². The fourth-order valence-corrected chi connectivity index (χ4v) is 2.31. The summed E-state index contributed by atoms with van der Waals surface area (Å²) in [6, 6.07) is 9.32. The van der Waals surface area contributed by atoms with Gasteiger partial charge in [-0.3, -0.25) is 4.79 Å². The van der Waals surface area contributed by atoms with Crippen LogP contribution >= 0.6 is 11.6 Å². The number of ether oxygens (including phenoxy) is 3. The highest BCUT2D eigenvalue weighted by Gasteiger charge is 2.14. The molecule has 7 heteroatoms. The molecule has 0 unspecified atom stereocenters. The van der Waals surface area contributed by atoms with Crippen LogP contribution in [0.25, 0.3) is 0 Å². The summed E-state index contributed by atoms with van der Waals surface area (Å²) in [6.45, 7) is 2.28. The monoisotopic (exact) mass is 363 g/mol. The summed E-state index contributed by atoms with van der Waals surface area (Å²) in [5, 5.41) is 2.98. The number of rotatable bonds is 6. The van der Waals surface area contributed by atoms with E-state index in [4.69, 9.17) is 21.1 Å². The first-order valence-corrected chi connectivity index (χ1v) is 7.88. The molecule has 0 heterocycles. The minimum absolute atomic E-state index is 0.284. The van der Waals surface area contributed by atoms with Crippen LogP contribution in [0.4, 0.5) is 5.69 Å². The SMILES string of the molecule is CCOc1cc(C(=O)Nc2cc(C(=O)OC)ccc2Cl)ccc1OC. The molecule has 2 aromatic rings. The quantitative estimate of drug-likeness (QED) is 0.790. The van der Waals surface area contributed by atoms with Crippen molar-refractivity contribution >= 4 is 29.2 Å². The van der Waals surface area contributed by atoms with Gasteiger partial charge in [0.25, 0.3) is 5.91 Å². The number of hydrogen-bond donors (Lipinski definition) is 1. The van der Waals surface area contributed by atoms with Crippen LogP contribution in [0.15, 0.2) is 36.4 Å². The Morgan fingerprint density at radius 1 is 1.04 bits per heavy atom. The minimum Gasteiger partial charge on any atom is -0.493 e. The Morgan fingerprint density at radius 2 is 1.76 bits per heavy atom. The number of nitrogens with one attached hydrogen (secondary N) is 1. The van der Waals surface area contributed by atoms with Crippen molar-refractivity contribution < 1.29 is 23.8 Å². The third kappa shape index (κ3) is 4.42. The molecule has 1 amide bonds. The second-order valence-corrected chi connectivity index (χ2v) is 5.35. The fraction of sp³-hybridized carbons (Fsp3) is 0.222. The Bertz CT molecular complexity index is 791. The molecule has 0 bridgehead atoms. The molecule has 132 valence electrons. The van der Waals surface area contributed by atoms with Crippen LogP contribution < -0.4 is 14.8 Å². The van der Waals surface area contributed by atoms with Crippen molar-refractivity contribution in [2.24, 2.45) is 0 Å². The van der Waals surface area contributed by atoms with E-state index in [1.807, 2.05) is 6.92 Å². The third-order valence-electron chi connectivity index (χ3n) is 3.36. The Balaban J connectivity index is 2.27. The van der Waals surface area contributed by atoms with Gasteiger partial charge in [0, 0.05) is 5.56 Å². The third-order valence-corrected chi connectivity index (χ3v) is 3.69. The lowest BCUT2D eigenvalue weighted by Gasteiger charge is -2.12. The van der Waals surface area contributed by atoms with Gasteiger partial charge in [0.15, 0.2) is 11.5 Å². The predicted molar refractivity (Wildman–Crippen MR) is 94.9 cm³/mol. The van der Waals surface area contributed by atoms with Gasteiger partial charge in [0.1, 0.15) is 0 Å². The summed E-state index contributed by atoms with van der Waals surface area (Å²) in [6.07, 6.45) is 0. The van der Waals surface area contributed by atoms with Gasteiger partial charge < -0.3 is 19.5 Å². The van der Waals surface area contributed by atoms with Crippen molar-refractivity contribution in [1.29, 1.82) is 0 Å². The number of benzene rings is 2. The highest BCUT2D eigenvalue weighted by Crippen LogP contribution is 2.29. The summed E-state index contributed by atoms with van der Waals surface area (Å²) in [5.74, 6) is 0.0824. The lowest BCUT2D eigenvalue weighted by molar-refractivity contribution is 0.0600. The summed E-state index contributed by atoms with van der Waals surface area (Å²) in [5.41, 5.74) is 0.957. The van der Waals surface area contributed by atoms with Gasteiger partial charge in [0.2, 0.25) is 0 Å². The molecule has 0 spiro atoms. The van der Waals surface area contributed by atoms with Gasteiger partial charge >= 0.3 is 5.97 Å². The second-order valence-electron chi connectivity index (χ2n) is 4.94. The Morgan fingerprint density at radius 3 is 2.40 bits per heavy atom. The van der Waals surface area contributed by atoms with Crippen LogP contribution in [0.2, 0.25) is 5.02 Å². The number of hydrogen-bond acceptors (Lipinski definition) is 5. The van der Waals surface area contributed by atoms with E-state index in [0.29, 0.717) is 34.4 Å². The molecule has 0 aliphatic carbocycles. The smallest absolute Gasteiger partial charge is 0.337 e. The summed E-state index contributed by atoms with van der Waals surface area (Å²) in [4.78, 5) is 24.1. The first-order valence-electron chi connectivity index (χ1n) is 7.50. The summed E-state index contributed by atoms with van der Waals surface area (Å²) >= 11 is 6.09. The predicted octanol–water partition coefficient (Wildman–Crippen LogP) is 3.79. The van der Waals surface area contributed by atoms with Crippen LogP contribution in [0.3, 0.4) is 0 Å². The van der Waals surface area contributed by atoms with E-state index in [-0.39, 0.29) is 5.56 Å². The Kier molecular flexibility index (Phi) is 6.25. The lowest BCUT2D eigenvalue weighted by atomic mass is 10.1. The van der Waals surface area contributed by atoms with E-state index >= 15 is 0 Å². The normalized spacial score (nSPS) is 10.1. The van der Waals surface area contributed by atoms with Crippen molar-refractivity contribution in [3.05, 3.63) is 52.5 Å². The van der Waals surface area contributed by atoms with Crippen molar-refractivity contribution in [1.82, 2.24) is 0 Å². The maximum atomic E-state index is 12.5. The number of amides is 1. The molecule has 2 aromatic carbocycles. The second kappa shape index (κ2) is 8.39. The molecule has 6 nitrogen and oxygen atoms in total. The van der Waals surface area contributed by atoms with Crippen LogP contribution in [0.5, 0.6) is 11.5 Å². The number of halogens is 1. The molecular weight excluding hydrogens is 346 g/mol. The Labute approximate surface area is 150 Å². The van der Waals surface area contributed by atoms with E-state index in [1.165, 1.54) is 32.4 Å². The number of carbonyl (C=O) groups is 2. The van der Waals surface area contributed by atoms with Crippen LogP contribution in [-0.2, 0) is 4.74 Å². The maximum Gasteiger partial charge on any atom is 0.337 e. The molecule has 0 fully saturated rings.